The van der Waals surface area contributed by atoms with Crippen LogP contribution in [-0.4, -0.2) is 5.60 Å². The average Bonchev–Trinajstić information content (AvgIpc) is 2.36. The Morgan fingerprint density at radius 1 is 1.06 bits per heavy atom. The molecule has 16 heavy (non-hydrogen) atoms. The smallest absolute Gasteiger partial charge is 0.0936 e. The Balaban J connectivity index is 2.00. The number of benzene rings is 1. The van der Waals surface area contributed by atoms with Crippen molar-refractivity contribution in [3.8, 4) is 0 Å². The van der Waals surface area contributed by atoms with Gasteiger partial charge in [0.05, 0.1) is 12.2 Å². The van der Waals surface area contributed by atoms with Gasteiger partial charge in [0, 0.05) is 0 Å². The molecule has 1 spiro atoms. The molecule has 3 rings (SSSR count). The van der Waals surface area contributed by atoms with E-state index in [9.17, 15) is 0 Å². The Morgan fingerprint density at radius 2 is 1.81 bits per heavy atom. The summed E-state index contributed by atoms with van der Waals surface area (Å²) in [5, 5.41) is 0. The maximum atomic E-state index is 6.15. The topological polar surface area (TPSA) is 9.23 Å². The van der Waals surface area contributed by atoms with E-state index >= 15 is 0 Å². The van der Waals surface area contributed by atoms with Crippen molar-refractivity contribution in [1.29, 1.82) is 0 Å². The number of fused-ring (bicyclic) bond motifs is 1. The summed E-state index contributed by atoms with van der Waals surface area (Å²) in [4.78, 5) is 0. The molecule has 1 fully saturated rings. The van der Waals surface area contributed by atoms with E-state index in [2.05, 4.69) is 30.8 Å². The van der Waals surface area contributed by atoms with Gasteiger partial charge in [-0.3, -0.25) is 0 Å². The van der Waals surface area contributed by atoms with Crippen molar-refractivity contribution in [2.24, 2.45) is 0 Å². The molecule has 2 aliphatic rings. The lowest BCUT2D eigenvalue weighted by Crippen LogP contribution is -2.38. The summed E-state index contributed by atoms with van der Waals surface area (Å²) in [6.45, 7) is 5.07. The van der Waals surface area contributed by atoms with Gasteiger partial charge in [-0.2, -0.15) is 0 Å². The molecule has 1 aromatic carbocycles. The van der Waals surface area contributed by atoms with Crippen LogP contribution in [0.15, 0.2) is 30.8 Å². The van der Waals surface area contributed by atoms with Crippen LogP contribution >= 0.6 is 0 Å². The second-order valence-electron chi connectivity index (χ2n) is 4.98. The average molecular weight is 214 g/mol. The Labute approximate surface area is 97.1 Å². The summed E-state index contributed by atoms with van der Waals surface area (Å²) in [6, 6.07) is 8.52. The Morgan fingerprint density at radius 3 is 2.62 bits per heavy atom. The van der Waals surface area contributed by atoms with Crippen LogP contribution in [0, 0.1) is 0 Å². The predicted molar refractivity (Wildman–Crippen MR) is 66.1 cm³/mol. The summed E-state index contributed by atoms with van der Waals surface area (Å²) < 4.78 is 6.15. The standard InChI is InChI=1S/C15H18O/c1-12-14-8-4-3-7-13(14)11-16-15(12)9-5-2-6-10-15/h3-4,7-8H,1-2,5-6,9-11H2. The second kappa shape index (κ2) is 3.74. The van der Waals surface area contributed by atoms with Crippen molar-refractivity contribution < 1.29 is 4.74 Å². The molecule has 1 heterocycles. The normalized spacial score (nSPS) is 23.1. The zero-order chi connectivity index (χ0) is 11.0. The summed E-state index contributed by atoms with van der Waals surface area (Å²) in [5.74, 6) is 0. The molecule has 0 amide bonds. The van der Waals surface area contributed by atoms with Crippen molar-refractivity contribution >= 4 is 5.57 Å². The van der Waals surface area contributed by atoms with Crippen LogP contribution in [0.4, 0.5) is 0 Å². The van der Waals surface area contributed by atoms with Gasteiger partial charge in [-0.15, -0.1) is 0 Å². The first-order valence-electron chi connectivity index (χ1n) is 6.23. The highest BCUT2D eigenvalue weighted by Crippen LogP contribution is 2.45. The number of hydrogen-bond acceptors (Lipinski definition) is 1. The first-order chi connectivity index (χ1) is 7.82. The highest BCUT2D eigenvalue weighted by atomic mass is 16.5. The lowest BCUT2D eigenvalue weighted by molar-refractivity contribution is -0.0422. The fraction of sp³-hybridized carbons (Fsp3) is 0.467. The minimum Gasteiger partial charge on any atom is -0.366 e. The van der Waals surface area contributed by atoms with Crippen LogP contribution in [0.2, 0.25) is 0 Å². The molecule has 1 nitrogen and oxygen atoms in total. The van der Waals surface area contributed by atoms with Gasteiger partial charge in [0.1, 0.15) is 0 Å². The van der Waals surface area contributed by atoms with Gasteiger partial charge in [-0.05, 0) is 29.5 Å². The van der Waals surface area contributed by atoms with E-state index in [1.165, 1.54) is 36.0 Å². The van der Waals surface area contributed by atoms with E-state index in [1.807, 2.05) is 0 Å². The second-order valence-corrected chi connectivity index (χ2v) is 4.98. The molecule has 0 unspecified atom stereocenters. The monoisotopic (exact) mass is 214 g/mol. The van der Waals surface area contributed by atoms with Gasteiger partial charge in [0.25, 0.3) is 0 Å². The van der Waals surface area contributed by atoms with Crippen LogP contribution < -0.4 is 0 Å². The minimum absolute atomic E-state index is 0.0351. The summed E-state index contributed by atoms with van der Waals surface area (Å²) in [5.41, 5.74) is 3.81. The molecule has 0 saturated heterocycles. The number of hydrogen-bond donors (Lipinski definition) is 0. The van der Waals surface area contributed by atoms with Gasteiger partial charge in [-0.1, -0.05) is 50.1 Å². The van der Waals surface area contributed by atoms with Crippen molar-refractivity contribution in [3.63, 3.8) is 0 Å². The quantitative estimate of drug-likeness (QED) is 0.635. The van der Waals surface area contributed by atoms with Gasteiger partial charge < -0.3 is 4.74 Å². The van der Waals surface area contributed by atoms with Crippen molar-refractivity contribution in [2.45, 2.75) is 44.3 Å². The van der Waals surface area contributed by atoms with Gasteiger partial charge in [-0.25, -0.2) is 0 Å². The van der Waals surface area contributed by atoms with Gasteiger partial charge >= 0.3 is 0 Å². The van der Waals surface area contributed by atoms with E-state index in [4.69, 9.17) is 4.74 Å². The Kier molecular flexibility index (Phi) is 2.36. The van der Waals surface area contributed by atoms with E-state index in [1.54, 1.807) is 0 Å². The Bertz CT molecular complexity index is 413. The lowest BCUT2D eigenvalue weighted by atomic mass is 9.75. The molecule has 1 heteroatoms. The third-order valence-corrected chi connectivity index (χ3v) is 4.06. The molecule has 0 aromatic heterocycles. The SMILES string of the molecule is C=C1c2ccccc2COC12CCCCC2. The molecule has 0 atom stereocenters. The number of rotatable bonds is 0. The van der Waals surface area contributed by atoms with E-state index in [-0.39, 0.29) is 5.60 Å². The maximum absolute atomic E-state index is 6.15. The fourth-order valence-corrected chi connectivity index (χ4v) is 3.06. The van der Waals surface area contributed by atoms with Crippen molar-refractivity contribution in [1.82, 2.24) is 0 Å². The van der Waals surface area contributed by atoms with Crippen LogP contribution in [-0.2, 0) is 11.3 Å². The molecule has 0 bridgehead atoms. The number of ether oxygens (including phenoxy) is 1. The molecular formula is C15H18O. The maximum Gasteiger partial charge on any atom is 0.0936 e. The fourth-order valence-electron chi connectivity index (χ4n) is 3.06. The van der Waals surface area contributed by atoms with E-state index in [0.29, 0.717) is 0 Å². The van der Waals surface area contributed by atoms with Gasteiger partial charge in [0.2, 0.25) is 0 Å². The zero-order valence-corrected chi connectivity index (χ0v) is 9.67. The summed E-state index contributed by atoms with van der Waals surface area (Å²) in [7, 11) is 0. The predicted octanol–water partition coefficient (Wildman–Crippen LogP) is 3.93. The molecule has 1 aromatic rings. The molecule has 1 aliphatic heterocycles. The van der Waals surface area contributed by atoms with Crippen molar-refractivity contribution in [3.05, 3.63) is 42.0 Å². The summed E-state index contributed by atoms with van der Waals surface area (Å²) in [6.07, 6.45) is 6.21. The first kappa shape index (κ1) is 10.1. The molecule has 0 N–H and O–H groups in total. The third-order valence-electron chi connectivity index (χ3n) is 4.06. The summed E-state index contributed by atoms with van der Waals surface area (Å²) >= 11 is 0. The highest BCUT2D eigenvalue weighted by Gasteiger charge is 2.39. The van der Waals surface area contributed by atoms with Gasteiger partial charge in [0.15, 0.2) is 0 Å². The van der Waals surface area contributed by atoms with E-state index in [0.717, 1.165) is 19.4 Å². The van der Waals surface area contributed by atoms with E-state index < -0.39 is 0 Å². The molecular weight excluding hydrogens is 196 g/mol. The van der Waals surface area contributed by atoms with Crippen LogP contribution in [0.25, 0.3) is 5.57 Å². The highest BCUT2D eigenvalue weighted by molar-refractivity contribution is 5.74. The van der Waals surface area contributed by atoms with Crippen LogP contribution in [0.1, 0.15) is 43.2 Å². The Hall–Kier alpha value is -1.08. The first-order valence-corrected chi connectivity index (χ1v) is 6.23. The van der Waals surface area contributed by atoms with Crippen LogP contribution in [0.3, 0.4) is 0 Å². The minimum atomic E-state index is -0.0351. The third kappa shape index (κ3) is 1.42. The largest absolute Gasteiger partial charge is 0.366 e. The van der Waals surface area contributed by atoms with Crippen LogP contribution in [0.5, 0.6) is 0 Å². The lowest BCUT2D eigenvalue weighted by Gasteiger charge is -2.42. The molecule has 1 aliphatic carbocycles. The molecule has 84 valence electrons. The molecule has 1 saturated carbocycles. The van der Waals surface area contributed by atoms with Crippen molar-refractivity contribution in [2.75, 3.05) is 0 Å². The molecule has 0 radical (unpaired) electrons. The zero-order valence-electron chi connectivity index (χ0n) is 9.67.